The van der Waals surface area contributed by atoms with Crippen LogP contribution in [-0.4, -0.2) is 36.0 Å². The molecule has 1 amide bonds. The quantitative estimate of drug-likeness (QED) is 0.616. The van der Waals surface area contributed by atoms with Gasteiger partial charge in [-0.25, -0.2) is 0 Å². The topological polar surface area (TPSA) is 101 Å². The maximum Gasteiger partial charge on any atom is 1.00 e. The van der Waals surface area contributed by atoms with Gasteiger partial charge in [-0.15, -0.1) is 0 Å². The molecular weight excluding hydrogens is 376 g/mol. The summed E-state index contributed by atoms with van der Waals surface area (Å²) in [7, 11) is 0. The smallest absolute Gasteiger partial charge is 0.542 e. The molecule has 7 nitrogen and oxygen atoms in total. The second-order valence-corrected chi connectivity index (χ2v) is 7.17. The van der Waals surface area contributed by atoms with Crippen molar-refractivity contribution in [2.75, 3.05) is 18.0 Å². The number of H-pyrrole nitrogens is 1. The van der Waals surface area contributed by atoms with Gasteiger partial charge in [-0.05, 0) is 13.0 Å². The van der Waals surface area contributed by atoms with Gasteiger partial charge in [-0.3, -0.25) is 4.79 Å². The average Bonchev–Trinajstić information content (AvgIpc) is 3.02. The van der Waals surface area contributed by atoms with E-state index in [-0.39, 0.29) is 47.3 Å². The number of carbonyl (C=O) groups is 2. The normalized spacial score (nSPS) is 23.3. The molecule has 1 aliphatic heterocycles. The summed E-state index contributed by atoms with van der Waals surface area (Å²) in [4.78, 5) is 28.0. The number of aromatic amines is 1. The number of rotatable bonds is 4. The molecule has 2 aliphatic rings. The number of piperidine rings is 1. The number of aromatic nitrogens is 1. The first-order chi connectivity index (χ1) is 11.9. The van der Waals surface area contributed by atoms with Crippen LogP contribution in [0.3, 0.4) is 0 Å². The molecule has 0 aromatic carbocycles. The number of hydrogen-bond acceptors (Lipinski definition) is 5. The fourth-order valence-electron chi connectivity index (χ4n) is 3.48. The summed E-state index contributed by atoms with van der Waals surface area (Å²) in [5.74, 6) is -0.697. The molecule has 26 heavy (non-hydrogen) atoms. The summed E-state index contributed by atoms with van der Waals surface area (Å²) < 4.78 is 5.25. The molecule has 3 heterocycles. The van der Waals surface area contributed by atoms with Crippen LogP contribution in [0.25, 0.3) is 0 Å². The van der Waals surface area contributed by atoms with Crippen LogP contribution in [0.2, 0.25) is 10.0 Å². The van der Waals surface area contributed by atoms with Crippen molar-refractivity contribution in [3.05, 3.63) is 39.3 Å². The zero-order chi connectivity index (χ0) is 17.9. The van der Waals surface area contributed by atoms with E-state index in [1.165, 1.54) is 6.07 Å². The largest absolute Gasteiger partial charge is 1.00 e. The third-order valence-corrected chi connectivity index (χ3v) is 5.82. The molecule has 2 aromatic heterocycles. The standard InChI is InChI=1S/C16H15Cl2N3O4.Li/c1-6-11(17)12(18)14(19-6)15(22)20-13-7-4-21(5-8(7)13)10-3-2-9(25-10)16(23)24;/h2-3,7-8,13,19H,4-5H2,1H3,(H,20,22)(H,23,24);/q;+1/p-1/t7-,8+,13-;. The van der Waals surface area contributed by atoms with Crippen LogP contribution in [0.1, 0.15) is 26.7 Å². The maximum absolute atomic E-state index is 12.4. The van der Waals surface area contributed by atoms with Crippen LogP contribution in [-0.2, 0) is 0 Å². The van der Waals surface area contributed by atoms with Gasteiger partial charge in [0.25, 0.3) is 5.91 Å². The van der Waals surface area contributed by atoms with E-state index in [1.54, 1.807) is 13.0 Å². The zero-order valence-electron chi connectivity index (χ0n) is 14.1. The van der Waals surface area contributed by atoms with Gasteiger partial charge in [0.1, 0.15) is 11.7 Å². The number of aromatic carboxylic acids is 1. The molecule has 0 bridgehead atoms. The van der Waals surface area contributed by atoms with Gasteiger partial charge in [0.15, 0.2) is 11.6 Å². The number of hydrogen-bond donors (Lipinski definition) is 2. The van der Waals surface area contributed by atoms with E-state index in [0.29, 0.717) is 41.5 Å². The number of halogens is 2. The molecule has 1 saturated heterocycles. The van der Waals surface area contributed by atoms with E-state index >= 15 is 0 Å². The molecule has 132 valence electrons. The van der Waals surface area contributed by atoms with Crippen molar-refractivity contribution in [1.82, 2.24) is 10.3 Å². The van der Waals surface area contributed by atoms with E-state index in [4.69, 9.17) is 27.6 Å². The summed E-state index contributed by atoms with van der Waals surface area (Å²) in [5.41, 5.74) is 0.927. The number of anilines is 1. The number of carbonyl (C=O) groups excluding carboxylic acids is 2. The molecular formula is C16H14Cl2LiN3O4. The van der Waals surface area contributed by atoms with Crippen LogP contribution < -0.4 is 34.2 Å². The zero-order valence-corrected chi connectivity index (χ0v) is 15.6. The summed E-state index contributed by atoms with van der Waals surface area (Å²) in [6.07, 6.45) is 0. The molecule has 3 atom stereocenters. The predicted molar refractivity (Wildman–Crippen MR) is 89.0 cm³/mol. The summed E-state index contributed by atoms with van der Waals surface area (Å²) >= 11 is 12.1. The maximum atomic E-state index is 12.4. The Morgan fingerprint density at radius 3 is 2.42 bits per heavy atom. The van der Waals surface area contributed by atoms with Gasteiger partial charge in [-0.2, -0.15) is 0 Å². The van der Waals surface area contributed by atoms with E-state index < -0.39 is 5.97 Å². The van der Waals surface area contributed by atoms with Crippen molar-refractivity contribution in [2.45, 2.75) is 13.0 Å². The van der Waals surface area contributed by atoms with Crippen LogP contribution in [0, 0.1) is 18.8 Å². The molecule has 0 spiro atoms. The van der Waals surface area contributed by atoms with Crippen molar-refractivity contribution in [1.29, 1.82) is 0 Å². The molecule has 1 aliphatic carbocycles. The Morgan fingerprint density at radius 1 is 1.27 bits per heavy atom. The van der Waals surface area contributed by atoms with Crippen molar-refractivity contribution in [2.24, 2.45) is 11.8 Å². The Bertz CT molecular complexity index is 869. The van der Waals surface area contributed by atoms with Crippen molar-refractivity contribution >= 4 is 41.0 Å². The van der Waals surface area contributed by atoms with Crippen LogP contribution in [0.5, 0.6) is 0 Å². The SMILES string of the molecule is Cc1[nH]c(C(=O)N[C@@H]2[C@@H]3CN(c4ccc(C(=O)[O-])o4)C[C@@H]32)c(Cl)c1Cl.[Li+]. The minimum Gasteiger partial charge on any atom is -0.542 e. The number of fused-ring (bicyclic) bond motifs is 1. The Labute approximate surface area is 171 Å². The summed E-state index contributed by atoms with van der Waals surface area (Å²) in [6.45, 7) is 3.13. The van der Waals surface area contributed by atoms with Gasteiger partial charge in [0.2, 0.25) is 0 Å². The summed E-state index contributed by atoms with van der Waals surface area (Å²) in [6, 6.07) is 3.07. The minimum atomic E-state index is -1.34. The Kier molecular flexibility index (Phi) is 5.10. The second kappa shape index (κ2) is 6.89. The Balaban J connectivity index is 0.00000196. The monoisotopic (exact) mass is 389 g/mol. The van der Waals surface area contributed by atoms with E-state index in [0.717, 1.165) is 0 Å². The number of carboxylic acids is 1. The molecule has 2 aromatic rings. The van der Waals surface area contributed by atoms with Gasteiger partial charge >= 0.3 is 18.9 Å². The van der Waals surface area contributed by atoms with Gasteiger partial charge in [0, 0.05) is 42.7 Å². The molecule has 2 N–H and O–H groups in total. The predicted octanol–water partition coefficient (Wildman–Crippen LogP) is -1.54. The van der Waals surface area contributed by atoms with Crippen LogP contribution in [0.15, 0.2) is 16.5 Å². The fourth-order valence-corrected chi connectivity index (χ4v) is 3.90. The van der Waals surface area contributed by atoms with Crippen molar-refractivity contribution < 1.29 is 38.0 Å². The number of nitrogens with zero attached hydrogens (tertiary/aromatic N) is 1. The number of furan rings is 1. The summed E-state index contributed by atoms with van der Waals surface area (Å²) in [5, 5.41) is 14.3. The van der Waals surface area contributed by atoms with E-state index in [2.05, 4.69) is 10.3 Å². The average molecular weight is 390 g/mol. The van der Waals surface area contributed by atoms with Crippen LogP contribution >= 0.6 is 23.2 Å². The van der Waals surface area contributed by atoms with Gasteiger partial charge in [-0.1, -0.05) is 23.2 Å². The Morgan fingerprint density at radius 2 is 1.92 bits per heavy atom. The van der Waals surface area contributed by atoms with Gasteiger partial charge in [0.05, 0.1) is 10.0 Å². The number of nitrogens with one attached hydrogen (secondary N) is 2. The number of amides is 1. The molecule has 0 unspecified atom stereocenters. The van der Waals surface area contributed by atoms with Crippen molar-refractivity contribution in [3.63, 3.8) is 0 Å². The molecule has 4 rings (SSSR count). The first-order valence-corrected chi connectivity index (χ1v) is 8.53. The van der Waals surface area contributed by atoms with E-state index in [9.17, 15) is 14.7 Å². The van der Waals surface area contributed by atoms with Gasteiger partial charge < -0.3 is 29.5 Å². The molecule has 2 fully saturated rings. The van der Waals surface area contributed by atoms with Crippen molar-refractivity contribution in [3.8, 4) is 0 Å². The molecule has 0 radical (unpaired) electrons. The Hall–Kier alpha value is -1.52. The third-order valence-electron chi connectivity index (χ3n) is 4.88. The minimum absolute atomic E-state index is 0. The first-order valence-electron chi connectivity index (χ1n) is 7.77. The first kappa shape index (κ1) is 19.2. The molecule has 10 heteroatoms. The number of carboxylic acid groups (broad SMARTS) is 1. The second-order valence-electron chi connectivity index (χ2n) is 6.41. The fraction of sp³-hybridized carbons (Fsp3) is 0.375. The molecule has 1 saturated carbocycles. The van der Waals surface area contributed by atoms with Crippen LogP contribution in [0.4, 0.5) is 5.88 Å². The third kappa shape index (κ3) is 3.14. The van der Waals surface area contributed by atoms with E-state index in [1.807, 2.05) is 4.90 Å². The number of aryl methyl sites for hydroxylation is 1.